The molecule has 3 heterocycles. The van der Waals surface area contributed by atoms with Gasteiger partial charge in [0, 0.05) is 29.7 Å². The maximum atomic E-state index is 12.8. The first-order chi connectivity index (χ1) is 16.4. The molecule has 34 heavy (non-hydrogen) atoms. The summed E-state index contributed by atoms with van der Waals surface area (Å²) in [6, 6.07) is 7.45. The summed E-state index contributed by atoms with van der Waals surface area (Å²) >= 11 is 6.20. The molecule has 7 nitrogen and oxygen atoms in total. The van der Waals surface area contributed by atoms with Crippen molar-refractivity contribution in [3.8, 4) is 5.75 Å². The van der Waals surface area contributed by atoms with E-state index in [1.807, 2.05) is 52.0 Å². The molecule has 1 aromatic carbocycles. The fraction of sp³-hybridized carbons (Fsp3) is 0.500. The minimum Gasteiger partial charge on any atom is -0.491 e. The van der Waals surface area contributed by atoms with Crippen LogP contribution in [0.1, 0.15) is 57.7 Å². The molecule has 0 aliphatic carbocycles. The quantitative estimate of drug-likeness (QED) is 0.563. The van der Waals surface area contributed by atoms with E-state index >= 15 is 0 Å². The number of fused-ring (bicyclic) bond motifs is 2. The van der Waals surface area contributed by atoms with Crippen LogP contribution in [0.15, 0.2) is 30.5 Å². The van der Waals surface area contributed by atoms with E-state index in [9.17, 15) is 9.59 Å². The molecule has 0 unspecified atom stereocenters. The van der Waals surface area contributed by atoms with Gasteiger partial charge in [-0.05, 0) is 63.0 Å². The van der Waals surface area contributed by atoms with Gasteiger partial charge in [0.05, 0.1) is 23.0 Å². The largest absolute Gasteiger partial charge is 0.491 e. The Morgan fingerprint density at radius 2 is 2.00 bits per heavy atom. The van der Waals surface area contributed by atoms with Crippen molar-refractivity contribution in [2.24, 2.45) is 0 Å². The number of aromatic nitrogens is 1. The first-order valence-electron chi connectivity index (χ1n) is 12.1. The van der Waals surface area contributed by atoms with Gasteiger partial charge in [-0.15, -0.1) is 0 Å². The van der Waals surface area contributed by atoms with E-state index in [1.165, 1.54) is 0 Å². The number of pyridine rings is 1. The molecule has 1 spiro atoms. The van der Waals surface area contributed by atoms with Crippen LogP contribution in [0.4, 0.5) is 11.4 Å². The number of nitrogens with one attached hydrogen (secondary N) is 2. The molecule has 2 aromatic rings. The first-order valence-corrected chi connectivity index (χ1v) is 12.5. The van der Waals surface area contributed by atoms with Crippen LogP contribution in [0, 0.1) is 6.92 Å². The van der Waals surface area contributed by atoms with Crippen molar-refractivity contribution < 1.29 is 14.3 Å². The molecule has 2 aliphatic rings. The summed E-state index contributed by atoms with van der Waals surface area (Å²) in [7, 11) is 0. The average molecular weight is 487 g/mol. The Hall–Kier alpha value is -2.64. The van der Waals surface area contributed by atoms with Crippen molar-refractivity contribution in [2.45, 2.75) is 58.8 Å². The van der Waals surface area contributed by atoms with E-state index < -0.39 is 5.41 Å². The third kappa shape index (κ3) is 5.70. The molecule has 1 fully saturated rings. The Morgan fingerprint density at radius 1 is 1.26 bits per heavy atom. The van der Waals surface area contributed by atoms with Crippen LogP contribution in [-0.2, 0) is 15.0 Å². The fourth-order valence-corrected chi connectivity index (χ4v) is 4.66. The number of hydrogen-bond acceptors (Lipinski definition) is 5. The third-order valence-corrected chi connectivity index (χ3v) is 6.61. The standard InChI is InChI=1S/C24H29ClN4O3.C2H6/c1-3-4-22(30)27-21-14-18(15-26-16(21)2)32-12-11-29-9-7-24(8-10-29)19-13-17(25)5-6-20(19)28-23(24)31;1-2/h5-6,13-15H,3-4,7-12H2,1-2H3,(H,27,30)(H,28,31);1-2H3. The Labute approximate surface area is 207 Å². The van der Waals surface area contributed by atoms with Crippen molar-refractivity contribution in [1.29, 1.82) is 0 Å². The summed E-state index contributed by atoms with van der Waals surface area (Å²) in [4.78, 5) is 31.3. The predicted octanol–water partition coefficient (Wildman–Crippen LogP) is 5.17. The number of anilines is 2. The van der Waals surface area contributed by atoms with E-state index in [4.69, 9.17) is 16.3 Å². The van der Waals surface area contributed by atoms with Gasteiger partial charge in [-0.3, -0.25) is 19.5 Å². The molecule has 2 aliphatic heterocycles. The van der Waals surface area contributed by atoms with Crippen LogP contribution in [-0.4, -0.2) is 47.9 Å². The fourth-order valence-electron chi connectivity index (χ4n) is 4.49. The highest BCUT2D eigenvalue weighted by atomic mass is 35.5. The second kappa shape index (κ2) is 11.7. The number of ether oxygens (including phenoxy) is 1. The van der Waals surface area contributed by atoms with Gasteiger partial charge in [-0.1, -0.05) is 32.4 Å². The Morgan fingerprint density at radius 3 is 2.71 bits per heavy atom. The minimum atomic E-state index is -0.482. The number of carbonyl (C=O) groups is 2. The van der Waals surface area contributed by atoms with Crippen molar-refractivity contribution in [3.63, 3.8) is 0 Å². The van der Waals surface area contributed by atoms with Crippen molar-refractivity contribution in [2.75, 3.05) is 36.9 Å². The number of hydrogen-bond donors (Lipinski definition) is 2. The van der Waals surface area contributed by atoms with E-state index in [0.29, 0.717) is 29.5 Å². The van der Waals surface area contributed by atoms with Gasteiger partial charge in [-0.25, -0.2) is 0 Å². The lowest BCUT2D eigenvalue weighted by Gasteiger charge is -2.37. The van der Waals surface area contributed by atoms with Crippen LogP contribution in [0.25, 0.3) is 0 Å². The SMILES string of the molecule is CC.CCCC(=O)Nc1cc(OCCN2CCC3(CC2)C(=O)Nc2ccc(Cl)cc23)cnc1C. The molecule has 1 saturated heterocycles. The summed E-state index contributed by atoms with van der Waals surface area (Å²) in [5.74, 6) is 0.694. The van der Waals surface area contributed by atoms with Crippen LogP contribution in [0.5, 0.6) is 5.75 Å². The predicted molar refractivity (Wildman–Crippen MR) is 137 cm³/mol. The molecule has 0 saturated carbocycles. The number of piperidine rings is 1. The highest BCUT2D eigenvalue weighted by molar-refractivity contribution is 6.31. The van der Waals surface area contributed by atoms with Crippen LogP contribution in [0.3, 0.4) is 0 Å². The summed E-state index contributed by atoms with van der Waals surface area (Å²) in [6.07, 6.45) is 4.47. The lowest BCUT2D eigenvalue weighted by molar-refractivity contribution is -0.122. The molecule has 0 radical (unpaired) electrons. The van der Waals surface area contributed by atoms with Crippen LogP contribution < -0.4 is 15.4 Å². The summed E-state index contributed by atoms with van der Waals surface area (Å²) in [6.45, 7) is 10.7. The van der Waals surface area contributed by atoms with Crippen molar-refractivity contribution >= 4 is 34.8 Å². The van der Waals surface area contributed by atoms with Gasteiger partial charge in [0.1, 0.15) is 12.4 Å². The summed E-state index contributed by atoms with van der Waals surface area (Å²) in [5, 5.41) is 6.57. The zero-order valence-corrected chi connectivity index (χ0v) is 21.3. The number of carbonyl (C=O) groups excluding carboxylic acids is 2. The van der Waals surface area contributed by atoms with Gasteiger partial charge in [-0.2, -0.15) is 0 Å². The zero-order chi connectivity index (χ0) is 24.7. The van der Waals surface area contributed by atoms with E-state index in [-0.39, 0.29) is 11.8 Å². The normalized spacial score (nSPS) is 16.3. The van der Waals surface area contributed by atoms with Crippen molar-refractivity contribution in [1.82, 2.24) is 9.88 Å². The molecular weight excluding hydrogens is 452 g/mol. The van der Waals surface area contributed by atoms with Gasteiger partial charge < -0.3 is 15.4 Å². The number of benzene rings is 1. The zero-order valence-electron chi connectivity index (χ0n) is 20.5. The highest BCUT2D eigenvalue weighted by Crippen LogP contribution is 2.45. The number of rotatable bonds is 7. The van der Waals surface area contributed by atoms with Crippen LogP contribution in [0.2, 0.25) is 5.02 Å². The van der Waals surface area contributed by atoms with E-state index in [1.54, 1.807) is 6.20 Å². The second-order valence-corrected chi connectivity index (χ2v) is 8.95. The molecule has 8 heteroatoms. The average Bonchev–Trinajstić information content (AvgIpc) is 3.09. The number of nitrogens with zero attached hydrogens (tertiary/aromatic N) is 2. The monoisotopic (exact) mass is 486 g/mol. The van der Waals surface area contributed by atoms with Crippen LogP contribution >= 0.6 is 11.6 Å². The number of likely N-dealkylation sites (tertiary alicyclic amines) is 1. The lowest BCUT2D eigenvalue weighted by Crippen LogP contribution is -2.47. The molecule has 0 atom stereocenters. The first kappa shape index (κ1) is 26.0. The number of halogens is 1. The van der Waals surface area contributed by atoms with Gasteiger partial charge in [0.15, 0.2) is 0 Å². The molecule has 0 bridgehead atoms. The van der Waals surface area contributed by atoms with Gasteiger partial charge in [0.2, 0.25) is 11.8 Å². The Kier molecular flexibility index (Phi) is 8.91. The number of aryl methyl sites for hydroxylation is 1. The lowest BCUT2D eigenvalue weighted by atomic mass is 9.73. The van der Waals surface area contributed by atoms with E-state index in [0.717, 1.165) is 55.8 Å². The maximum Gasteiger partial charge on any atom is 0.235 e. The Bertz CT molecular complexity index is 1020. The molecule has 2 amide bonds. The number of amides is 2. The topological polar surface area (TPSA) is 83.6 Å². The molecular formula is C26H35ClN4O3. The summed E-state index contributed by atoms with van der Waals surface area (Å²) in [5.41, 5.74) is 2.87. The van der Waals surface area contributed by atoms with Gasteiger partial charge >= 0.3 is 0 Å². The summed E-state index contributed by atoms with van der Waals surface area (Å²) < 4.78 is 5.90. The van der Waals surface area contributed by atoms with Gasteiger partial charge in [0.25, 0.3) is 0 Å². The molecule has 2 N–H and O–H groups in total. The maximum absolute atomic E-state index is 12.8. The van der Waals surface area contributed by atoms with Crippen molar-refractivity contribution in [3.05, 3.63) is 46.7 Å². The molecule has 4 rings (SSSR count). The third-order valence-electron chi connectivity index (χ3n) is 6.38. The highest BCUT2D eigenvalue weighted by Gasteiger charge is 2.48. The molecule has 1 aromatic heterocycles. The minimum absolute atomic E-state index is 0.0180. The Balaban J connectivity index is 0.00000158. The smallest absolute Gasteiger partial charge is 0.235 e. The van der Waals surface area contributed by atoms with E-state index in [2.05, 4.69) is 20.5 Å². The second-order valence-electron chi connectivity index (χ2n) is 8.52. The molecule has 184 valence electrons.